The Bertz CT molecular complexity index is 786. The standard InChI is InChI=1S/C22H31N5O2/c1-17-12-21(29-25-17)16-26-10-6-20(7-11-26)27-9-3-5-19(15-27)22(28)24-14-18-4-2-8-23-13-18/h2,4,8,12-13,19-20H,3,5-7,9-11,14-16H2,1H3,(H,24,28)/t19-/m0/s1. The van der Waals surface area contributed by atoms with Gasteiger partial charge in [-0.2, -0.15) is 0 Å². The summed E-state index contributed by atoms with van der Waals surface area (Å²) < 4.78 is 5.36. The van der Waals surface area contributed by atoms with Gasteiger partial charge in [-0.3, -0.25) is 19.6 Å². The van der Waals surface area contributed by atoms with E-state index in [-0.39, 0.29) is 11.8 Å². The lowest BCUT2D eigenvalue weighted by molar-refractivity contribution is -0.127. The summed E-state index contributed by atoms with van der Waals surface area (Å²) in [6.07, 6.45) is 7.94. The number of amides is 1. The summed E-state index contributed by atoms with van der Waals surface area (Å²) in [6, 6.07) is 6.50. The lowest BCUT2D eigenvalue weighted by Gasteiger charge is -2.41. The number of carbonyl (C=O) groups excluding carboxylic acids is 1. The van der Waals surface area contributed by atoms with E-state index in [1.807, 2.05) is 25.1 Å². The van der Waals surface area contributed by atoms with Gasteiger partial charge in [0.1, 0.15) is 0 Å². The molecular weight excluding hydrogens is 366 g/mol. The molecule has 0 spiro atoms. The number of nitrogens with one attached hydrogen (secondary N) is 1. The molecule has 7 nitrogen and oxygen atoms in total. The first-order valence-corrected chi connectivity index (χ1v) is 10.7. The zero-order valence-corrected chi connectivity index (χ0v) is 17.2. The number of hydrogen-bond acceptors (Lipinski definition) is 6. The second-order valence-electron chi connectivity index (χ2n) is 8.36. The van der Waals surface area contributed by atoms with Crippen molar-refractivity contribution in [3.63, 3.8) is 0 Å². The highest BCUT2D eigenvalue weighted by molar-refractivity contribution is 5.78. The molecule has 0 bridgehead atoms. The van der Waals surface area contributed by atoms with E-state index in [0.29, 0.717) is 12.6 Å². The molecule has 2 aromatic rings. The van der Waals surface area contributed by atoms with E-state index >= 15 is 0 Å². The van der Waals surface area contributed by atoms with Gasteiger partial charge in [0.15, 0.2) is 5.76 Å². The Kier molecular flexibility index (Phi) is 6.56. The van der Waals surface area contributed by atoms with Crippen molar-refractivity contribution >= 4 is 5.91 Å². The van der Waals surface area contributed by atoms with Crippen molar-refractivity contribution < 1.29 is 9.32 Å². The minimum Gasteiger partial charge on any atom is -0.360 e. The number of aryl methyl sites for hydroxylation is 1. The predicted octanol–water partition coefficient (Wildman–Crippen LogP) is 2.37. The number of pyridine rings is 1. The van der Waals surface area contributed by atoms with E-state index in [9.17, 15) is 4.79 Å². The Morgan fingerprint density at radius 2 is 2.14 bits per heavy atom. The van der Waals surface area contributed by atoms with E-state index < -0.39 is 0 Å². The maximum Gasteiger partial charge on any atom is 0.224 e. The molecule has 2 aliphatic rings. The summed E-state index contributed by atoms with van der Waals surface area (Å²) in [5.74, 6) is 1.22. The first kappa shape index (κ1) is 20.0. The number of piperidine rings is 2. The van der Waals surface area contributed by atoms with Crippen molar-refractivity contribution in [3.8, 4) is 0 Å². The van der Waals surface area contributed by atoms with Crippen LogP contribution < -0.4 is 5.32 Å². The molecule has 2 aromatic heterocycles. The van der Waals surface area contributed by atoms with Crippen molar-refractivity contribution in [1.29, 1.82) is 0 Å². The van der Waals surface area contributed by atoms with E-state index in [4.69, 9.17) is 4.52 Å². The minimum absolute atomic E-state index is 0.0932. The SMILES string of the molecule is Cc1cc(CN2CCC(N3CCC[C@H](C(=O)NCc4cccnc4)C3)CC2)on1. The third-order valence-corrected chi connectivity index (χ3v) is 6.14. The molecule has 29 heavy (non-hydrogen) atoms. The largest absolute Gasteiger partial charge is 0.360 e. The lowest BCUT2D eigenvalue weighted by Crippen LogP contribution is -2.50. The second-order valence-corrected chi connectivity index (χ2v) is 8.36. The molecule has 1 N–H and O–H groups in total. The van der Waals surface area contributed by atoms with Crippen LogP contribution in [0.4, 0.5) is 0 Å². The van der Waals surface area contributed by atoms with Gasteiger partial charge < -0.3 is 9.84 Å². The maximum absolute atomic E-state index is 12.7. The average molecular weight is 398 g/mol. The van der Waals surface area contributed by atoms with Crippen LogP contribution in [0.15, 0.2) is 35.1 Å². The van der Waals surface area contributed by atoms with Crippen molar-refractivity contribution in [2.45, 2.75) is 51.7 Å². The Balaban J connectivity index is 1.23. The molecule has 0 aliphatic carbocycles. The fourth-order valence-corrected chi connectivity index (χ4v) is 4.54. The smallest absolute Gasteiger partial charge is 0.224 e. The third-order valence-electron chi connectivity index (χ3n) is 6.14. The Labute approximate surface area is 172 Å². The summed E-state index contributed by atoms with van der Waals surface area (Å²) >= 11 is 0. The molecular formula is C22H31N5O2. The monoisotopic (exact) mass is 397 g/mol. The number of carbonyl (C=O) groups is 1. The highest BCUT2D eigenvalue weighted by Crippen LogP contribution is 2.25. The highest BCUT2D eigenvalue weighted by atomic mass is 16.5. The summed E-state index contributed by atoms with van der Waals surface area (Å²) in [5, 5.41) is 7.08. The van der Waals surface area contributed by atoms with Gasteiger partial charge in [0.2, 0.25) is 5.91 Å². The van der Waals surface area contributed by atoms with Crippen LogP contribution in [0.5, 0.6) is 0 Å². The first-order valence-electron chi connectivity index (χ1n) is 10.7. The van der Waals surface area contributed by atoms with Gasteiger partial charge in [-0.15, -0.1) is 0 Å². The highest BCUT2D eigenvalue weighted by Gasteiger charge is 2.31. The average Bonchev–Trinajstić information content (AvgIpc) is 3.18. The maximum atomic E-state index is 12.7. The van der Waals surface area contributed by atoms with Crippen LogP contribution in [0.2, 0.25) is 0 Å². The van der Waals surface area contributed by atoms with E-state index in [0.717, 1.165) is 75.4 Å². The van der Waals surface area contributed by atoms with Crippen molar-refractivity contribution in [3.05, 3.63) is 47.6 Å². The van der Waals surface area contributed by atoms with Crippen LogP contribution in [0.3, 0.4) is 0 Å². The molecule has 1 amide bonds. The molecule has 4 rings (SSSR count). The Morgan fingerprint density at radius 1 is 1.28 bits per heavy atom. The van der Waals surface area contributed by atoms with Gasteiger partial charge in [-0.25, -0.2) is 0 Å². The van der Waals surface area contributed by atoms with Crippen molar-refractivity contribution in [2.24, 2.45) is 5.92 Å². The van der Waals surface area contributed by atoms with Crippen LogP contribution >= 0.6 is 0 Å². The van der Waals surface area contributed by atoms with Crippen LogP contribution in [0, 0.1) is 12.8 Å². The summed E-state index contributed by atoms with van der Waals surface area (Å²) in [4.78, 5) is 21.8. The number of rotatable bonds is 6. The number of nitrogens with zero attached hydrogens (tertiary/aromatic N) is 4. The fraction of sp³-hybridized carbons (Fsp3) is 0.591. The number of likely N-dealkylation sites (tertiary alicyclic amines) is 2. The first-order chi connectivity index (χ1) is 14.2. The third kappa shape index (κ3) is 5.42. The number of hydrogen-bond donors (Lipinski definition) is 1. The van der Waals surface area contributed by atoms with Crippen LogP contribution in [0.1, 0.15) is 42.7 Å². The molecule has 1 atom stereocenters. The van der Waals surface area contributed by atoms with Crippen molar-refractivity contribution in [1.82, 2.24) is 25.3 Å². The van der Waals surface area contributed by atoms with Gasteiger partial charge in [-0.1, -0.05) is 11.2 Å². The van der Waals surface area contributed by atoms with Crippen LogP contribution in [-0.4, -0.2) is 58.1 Å². The lowest BCUT2D eigenvalue weighted by atomic mass is 9.93. The molecule has 0 radical (unpaired) electrons. The molecule has 2 saturated heterocycles. The quantitative estimate of drug-likeness (QED) is 0.807. The Hall–Kier alpha value is -2.25. The normalized spacial score (nSPS) is 21.9. The Morgan fingerprint density at radius 3 is 2.86 bits per heavy atom. The summed E-state index contributed by atoms with van der Waals surface area (Å²) in [6.45, 7) is 7.48. The number of aromatic nitrogens is 2. The second kappa shape index (κ2) is 9.50. The van der Waals surface area contributed by atoms with Gasteiger partial charge >= 0.3 is 0 Å². The molecule has 0 aromatic carbocycles. The summed E-state index contributed by atoms with van der Waals surface area (Å²) in [5.41, 5.74) is 1.99. The zero-order valence-electron chi connectivity index (χ0n) is 17.2. The van der Waals surface area contributed by atoms with E-state index in [1.165, 1.54) is 0 Å². The minimum atomic E-state index is 0.0932. The molecule has 2 aliphatic heterocycles. The molecule has 0 unspecified atom stereocenters. The summed E-state index contributed by atoms with van der Waals surface area (Å²) in [7, 11) is 0. The van der Waals surface area contributed by atoms with Gasteiger partial charge in [0.05, 0.1) is 18.2 Å². The van der Waals surface area contributed by atoms with Crippen LogP contribution in [-0.2, 0) is 17.9 Å². The van der Waals surface area contributed by atoms with E-state index in [1.54, 1.807) is 12.4 Å². The van der Waals surface area contributed by atoms with Gasteiger partial charge in [0.25, 0.3) is 0 Å². The van der Waals surface area contributed by atoms with Crippen molar-refractivity contribution in [2.75, 3.05) is 26.2 Å². The molecule has 156 valence electrons. The van der Waals surface area contributed by atoms with Crippen LogP contribution in [0.25, 0.3) is 0 Å². The molecule has 2 fully saturated rings. The molecule has 4 heterocycles. The predicted molar refractivity (Wildman–Crippen MR) is 110 cm³/mol. The molecule has 0 saturated carbocycles. The zero-order chi connectivity index (χ0) is 20.1. The van der Waals surface area contributed by atoms with Gasteiger partial charge in [0, 0.05) is 50.7 Å². The topological polar surface area (TPSA) is 74.5 Å². The van der Waals surface area contributed by atoms with E-state index in [2.05, 4.69) is 25.3 Å². The fourth-order valence-electron chi connectivity index (χ4n) is 4.54. The molecule has 7 heteroatoms. The van der Waals surface area contributed by atoms with Gasteiger partial charge in [-0.05, 0) is 50.8 Å².